The summed E-state index contributed by atoms with van der Waals surface area (Å²) < 4.78 is 22.3. The number of carbonyl (C=O) groups excluding carboxylic acids is 1. The van der Waals surface area contributed by atoms with Gasteiger partial charge in [-0.2, -0.15) is 0 Å². The van der Waals surface area contributed by atoms with Gasteiger partial charge >= 0.3 is 0 Å². The zero-order chi connectivity index (χ0) is 25.0. The van der Waals surface area contributed by atoms with E-state index in [4.69, 9.17) is 9.72 Å². The predicted molar refractivity (Wildman–Crippen MR) is 134 cm³/mol. The maximum Gasteiger partial charge on any atom is 0.275 e. The molecule has 1 amide bonds. The molecule has 0 saturated carbocycles. The summed E-state index contributed by atoms with van der Waals surface area (Å²) in [5.41, 5.74) is 5.92. The van der Waals surface area contributed by atoms with Gasteiger partial charge in [-0.15, -0.1) is 0 Å². The number of fused-ring (bicyclic) bond motifs is 3. The van der Waals surface area contributed by atoms with Crippen LogP contribution in [0.3, 0.4) is 0 Å². The number of hydrogen-bond acceptors (Lipinski definition) is 6. The summed E-state index contributed by atoms with van der Waals surface area (Å²) >= 11 is 0. The molecule has 36 heavy (non-hydrogen) atoms. The van der Waals surface area contributed by atoms with E-state index in [1.807, 2.05) is 32.9 Å². The Balaban J connectivity index is 1.46. The second-order valence-corrected chi connectivity index (χ2v) is 9.59. The van der Waals surface area contributed by atoms with E-state index < -0.39 is 0 Å². The van der Waals surface area contributed by atoms with Gasteiger partial charge in [0.1, 0.15) is 17.9 Å². The highest BCUT2D eigenvalue weighted by Gasteiger charge is 2.30. The van der Waals surface area contributed by atoms with E-state index in [0.717, 1.165) is 46.7 Å². The van der Waals surface area contributed by atoms with Crippen molar-refractivity contribution in [3.05, 3.63) is 70.8 Å². The van der Waals surface area contributed by atoms with Gasteiger partial charge in [0.15, 0.2) is 5.69 Å². The van der Waals surface area contributed by atoms with Crippen molar-refractivity contribution in [2.24, 2.45) is 0 Å². The Kier molecular flexibility index (Phi) is 5.35. The molecule has 9 heteroatoms. The first-order valence-corrected chi connectivity index (χ1v) is 12.2. The molecule has 0 atom stereocenters. The maximum atomic E-state index is 14.8. The molecule has 3 aromatic heterocycles. The zero-order valence-electron chi connectivity index (χ0n) is 20.5. The molecule has 4 aromatic rings. The number of amides is 1. The minimum atomic E-state index is -0.279. The molecule has 0 radical (unpaired) electrons. The zero-order valence-corrected chi connectivity index (χ0v) is 20.5. The van der Waals surface area contributed by atoms with Gasteiger partial charge < -0.3 is 15.0 Å². The molecule has 0 bridgehead atoms. The van der Waals surface area contributed by atoms with Crippen molar-refractivity contribution in [1.29, 1.82) is 0 Å². The molecule has 6 rings (SSSR count). The van der Waals surface area contributed by atoms with Crippen LogP contribution in [0.25, 0.3) is 16.6 Å². The van der Waals surface area contributed by atoms with E-state index in [0.29, 0.717) is 35.9 Å². The van der Waals surface area contributed by atoms with E-state index in [1.54, 1.807) is 27.9 Å². The standard InChI is InChI=1S/C27H27FN6O2/c1-15(2)33-13-22-17(7-6-16(3)32-22)20-12-30-27(34-14-31-24(25(20)34)26(33)35)29-11-19-18-5-4-10-36-23(18)9-8-21(19)28/h6-9,12,14-15H,4-5,10-11,13H2,1-3H3,(H,29,30). The lowest BCUT2D eigenvalue weighted by Crippen LogP contribution is -2.37. The van der Waals surface area contributed by atoms with Gasteiger partial charge in [-0.05, 0) is 51.8 Å². The third-order valence-electron chi connectivity index (χ3n) is 6.96. The van der Waals surface area contributed by atoms with Crippen molar-refractivity contribution in [3.63, 3.8) is 0 Å². The first-order chi connectivity index (χ1) is 17.4. The van der Waals surface area contributed by atoms with E-state index in [2.05, 4.69) is 15.3 Å². The van der Waals surface area contributed by atoms with Gasteiger partial charge in [0, 0.05) is 46.7 Å². The quantitative estimate of drug-likeness (QED) is 0.456. The fraction of sp³-hybridized carbons (Fsp3) is 0.333. The van der Waals surface area contributed by atoms with Crippen molar-refractivity contribution in [3.8, 4) is 16.9 Å². The highest BCUT2D eigenvalue weighted by molar-refractivity contribution is 6.04. The fourth-order valence-corrected chi connectivity index (χ4v) is 5.10. The molecule has 8 nitrogen and oxygen atoms in total. The van der Waals surface area contributed by atoms with Crippen LogP contribution in [0.5, 0.6) is 5.75 Å². The van der Waals surface area contributed by atoms with Gasteiger partial charge in [-0.3, -0.25) is 14.2 Å². The number of aromatic nitrogens is 4. The molecule has 1 aromatic carbocycles. The number of aryl methyl sites for hydroxylation is 1. The molecular weight excluding hydrogens is 459 g/mol. The number of benzene rings is 1. The van der Waals surface area contributed by atoms with Crippen LogP contribution in [0.1, 0.15) is 53.3 Å². The van der Waals surface area contributed by atoms with Crippen LogP contribution in [0.4, 0.5) is 10.3 Å². The summed E-state index contributed by atoms with van der Waals surface area (Å²) in [6, 6.07) is 7.10. The van der Waals surface area contributed by atoms with Crippen molar-refractivity contribution in [2.45, 2.75) is 52.7 Å². The Morgan fingerprint density at radius 3 is 2.86 bits per heavy atom. The van der Waals surface area contributed by atoms with Gasteiger partial charge in [-0.1, -0.05) is 6.07 Å². The van der Waals surface area contributed by atoms with E-state index in [9.17, 15) is 9.18 Å². The van der Waals surface area contributed by atoms with Crippen LogP contribution >= 0.6 is 0 Å². The second kappa shape index (κ2) is 8.58. The number of carbonyl (C=O) groups is 1. The average Bonchev–Trinajstić information content (AvgIpc) is 3.31. The Bertz CT molecular complexity index is 1510. The smallest absolute Gasteiger partial charge is 0.275 e. The molecule has 5 heterocycles. The predicted octanol–water partition coefficient (Wildman–Crippen LogP) is 4.54. The Hall–Kier alpha value is -4.01. The third-order valence-corrected chi connectivity index (χ3v) is 6.96. The van der Waals surface area contributed by atoms with Crippen molar-refractivity contribution >= 4 is 17.4 Å². The number of nitrogens with zero attached hydrogens (tertiary/aromatic N) is 5. The molecular formula is C27H27FN6O2. The summed E-state index contributed by atoms with van der Waals surface area (Å²) in [7, 11) is 0. The lowest BCUT2D eigenvalue weighted by molar-refractivity contribution is 0.0684. The summed E-state index contributed by atoms with van der Waals surface area (Å²) in [5, 5.41) is 3.28. The second-order valence-electron chi connectivity index (χ2n) is 9.59. The number of hydrogen-bond donors (Lipinski definition) is 1. The summed E-state index contributed by atoms with van der Waals surface area (Å²) in [4.78, 5) is 29.3. The van der Waals surface area contributed by atoms with Gasteiger partial charge in [0.05, 0.1) is 24.4 Å². The minimum absolute atomic E-state index is 0.0279. The Labute approximate surface area is 208 Å². The first kappa shape index (κ1) is 22.5. The first-order valence-electron chi connectivity index (χ1n) is 12.2. The highest BCUT2D eigenvalue weighted by atomic mass is 19.1. The minimum Gasteiger partial charge on any atom is -0.493 e. The van der Waals surface area contributed by atoms with Gasteiger partial charge in [0.25, 0.3) is 5.91 Å². The van der Waals surface area contributed by atoms with Gasteiger partial charge in [-0.25, -0.2) is 14.4 Å². The van der Waals surface area contributed by atoms with Crippen molar-refractivity contribution in [2.75, 3.05) is 11.9 Å². The summed E-state index contributed by atoms with van der Waals surface area (Å²) in [6.07, 6.45) is 4.97. The largest absolute Gasteiger partial charge is 0.493 e. The highest BCUT2D eigenvalue weighted by Crippen LogP contribution is 2.35. The number of pyridine rings is 1. The molecule has 0 spiro atoms. The Morgan fingerprint density at radius 2 is 2.03 bits per heavy atom. The van der Waals surface area contributed by atoms with Crippen LogP contribution in [-0.4, -0.2) is 42.8 Å². The molecule has 2 aliphatic rings. The molecule has 0 unspecified atom stereocenters. The number of imidazole rings is 1. The third kappa shape index (κ3) is 3.57. The molecule has 1 N–H and O–H groups in total. The number of rotatable bonds is 4. The lowest BCUT2D eigenvalue weighted by Gasteiger charge is -2.29. The normalized spacial score (nSPS) is 14.8. The van der Waals surface area contributed by atoms with E-state index in [1.165, 1.54) is 6.07 Å². The number of ether oxygens (including phenoxy) is 1. The maximum absolute atomic E-state index is 14.8. The Morgan fingerprint density at radius 1 is 1.17 bits per heavy atom. The number of nitrogens with one attached hydrogen (secondary N) is 1. The van der Waals surface area contributed by atoms with Crippen LogP contribution in [0.15, 0.2) is 36.8 Å². The SMILES string of the molecule is Cc1ccc2c(n1)CN(C(C)C)C(=O)c1ncn3c(NCc4c(F)ccc5c4CCCO5)ncc-2c13. The van der Waals surface area contributed by atoms with Crippen molar-refractivity contribution in [1.82, 2.24) is 24.3 Å². The molecule has 2 aliphatic heterocycles. The molecule has 184 valence electrons. The average molecular weight is 487 g/mol. The number of anilines is 1. The van der Waals surface area contributed by atoms with Crippen LogP contribution in [0.2, 0.25) is 0 Å². The van der Waals surface area contributed by atoms with E-state index in [-0.39, 0.29) is 24.3 Å². The van der Waals surface area contributed by atoms with E-state index >= 15 is 0 Å². The molecule has 0 saturated heterocycles. The van der Waals surface area contributed by atoms with Gasteiger partial charge in [0.2, 0.25) is 5.95 Å². The summed E-state index contributed by atoms with van der Waals surface area (Å²) in [5.74, 6) is 0.782. The lowest BCUT2D eigenvalue weighted by atomic mass is 9.99. The molecule has 0 aliphatic carbocycles. The van der Waals surface area contributed by atoms with Crippen LogP contribution in [-0.2, 0) is 19.5 Å². The van der Waals surface area contributed by atoms with Crippen LogP contribution in [0, 0.1) is 12.7 Å². The molecule has 0 fully saturated rings. The number of halogens is 1. The fourth-order valence-electron chi connectivity index (χ4n) is 5.10. The summed E-state index contributed by atoms with van der Waals surface area (Å²) in [6.45, 7) is 7.19. The van der Waals surface area contributed by atoms with Crippen LogP contribution < -0.4 is 10.1 Å². The van der Waals surface area contributed by atoms with Crippen molar-refractivity contribution < 1.29 is 13.9 Å². The monoisotopic (exact) mass is 486 g/mol. The topological polar surface area (TPSA) is 84.7 Å².